The summed E-state index contributed by atoms with van der Waals surface area (Å²) in [7, 11) is 0. The highest BCUT2D eigenvalue weighted by atomic mass is 16.5. The fourth-order valence-electron chi connectivity index (χ4n) is 2.43. The number of ether oxygens (including phenoxy) is 2. The zero-order chi connectivity index (χ0) is 14.5. The average molecular weight is 289 g/mol. The number of morpholine rings is 1. The molecular formula is C16H19NO4. The minimum atomic E-state index is -0.341. The molecule has 1 aromatic carbocycles. The molecule has 1 aliphatic rings. The van der Waals surface area contributed by atoms with E-state index >= 15 is 0 Å². The number of benzene rings is 1. The van der Waals surface area contributed by atoms with E-state index in [-0.39, 0.29) is 5.63 Å². The summed E-state index contributed by atoms with van der Waals surface area (Å²) in [6, 6.07) is 8.74. The molecule has 1 aromatic heterocycles. The van der Waals surface area contributed by atoms with Gasteiger partial charge in [0.25, 0.3) is 0 Å². The molecule has 1 saturated heterocycles. The number of hydrogen-bond donors (Lipinski definition) is 0. The Kier molecular flexibility index (Phi) is 4.52. The predicted molar refractivity (Wildman–Crippen MR) is 79.9 cm³/mol. The largest absolute Gasteiger partial charge is 0.493 e. The van der Waals surface area contributed by atoms with Crippen molar-refractivity contribution in [1.82, 2.24) is 4.90 Å². The zero-order valence-corrected chi connectivity index (χ0v) is 11.9. The molecule has 0 aliphatic carbocycles. The van der Waals surface area contributed by atoms with Gasteiger partial charge in [-0.25, -0.2) is 4.79 Å². The van der Waals surface area contributed by atoms with Crippen LogP contribution in [0.4, 0.5) is 0 Å². The fourth-order valence-corrected chi connectivity index (χ4v) is 2.43. The van der Waals surface area contributed by atoms with Crippen LogP contribution in [0.15, 0.2) is 39.5 Å². The van der Waals surface area contributed by atoms with Crippen LogP contribution in [0.2, 0.25) is 0 Å². The smallest absolute Gasteiger partial charge is 0.336 e. The van der Waals surface area contributed by atoms with Crippen LogP contribution in [0.25, 0.3) is 11.0 Å². The van der Waals surface area contributed by atoms with Gasteiger partial charge in [-0.2, -0.15) is 0 Å². The third-order valence-corrected chi connectivity index (χ3v) is 3.59. The SMILES string of the molecule is O=c1ccc2ccc(OCCCN3CCOCC3)cc2o1. The highest BCUT2D eigenvalue weighted by Crippen LogP contribution is 2.19. The van der Waals surface area contributed by atoms with Crippen molar-refractivity contribution in [1.29, 1.82) is 0 Å². The number of fused-ring (bicyclic) bond motifs is 1. The van der Waals surface area contributed by atoms with Crippen molar-refractivity contribution >= 4 is 11.0 Å². The standard InChI is InChI=1S/C16H19NO4/c18-16-5-3-13-2-4-14(12-15(13)21-16)20-9-1-6-17-7-10-19-11-8-17/h2-5,12H,1,6-11H2. The van der Waals surface area contributed by atoms with Crippen LogP contribution in [0.1, 0.15) is 6.42 Å². The number of hydrogen-bond acceptors (Lipinski definition) is 5. The summed E-state index contributed by atoms with van der Waals surface area (Å²) in [5.74, 6) is 0.735. The van der Waals surface area contributed by atoms with Crippen molar-refractivity contribution in [3.63, 3.8) is 0 Å². The average Bonchev–Trinajstić information content (AvgIpc) is 2.52. The Bertz CT molecular complexity index is 646. The molecule has 0 atom stereocenters. The van der Waals surface area contributed by atoms with Gasteiger partial charge in [0.05, 0.1) is 19.8 Å². The Labute approximate surface area is 123 Å². The first-order valence-electron chi connectivity index (χ1n) is 7.28. The molecule has 1 fully saturated rings. The molecule has 3 rings (SSSR count). The summed E-state index contributed by atoms with van der Waals surface area (Å²) in [4.78, 5) is 13.6. The lowest BCUT2D eigenvalue weighted by Crippen LogP contribution is -2.37. The summed E-state index contributed by atoms with van der Waals surface area (Å²) in [6.07, 6.45) is 0.969. The van der Waals surface area contributed by atoms with E-state index in [9.17, 15) is 4.79 Å². The molecule has 21 heavy (non-hydrogen) atoms. The lowest BCUT2D eigenvalue weighted by atomic mass is 10.2. The third kappa shape index (κ3) is 3.83. The van der Waals surface area contributed by atoms with Crippen molar-refractivity contribution in [3.8, 4) is 5.75 Å². The maximum atomic E-state index is 11.2. The minimum absolute atomic E-state index is 0.341. The Morgan fingerprint density at radius 2 is 1.95 bits per heavy atom. The van der Waals surface area contributed by atoms with Crippen LogP contribution in [0, 0.1) is 0 Å². The van der Waals surface area contributed by atoms with Crippen LogP contribution in [0.3, 0.4) is 0 Å². The fraction of sp³-hybridized carbons (Fsp3) is 0.438. The first-order valence-corrected chi connectivity index (χ1v) is 7.28. The van der Waals surface area contributed by atoms with Crippen molar-refractivity contribution in [2.24, 2.45) is 0 Å². The van der Waals surface area contributed by atoms with Crippen molar-refractivity contribution in [2.45, 2.75) is 6.42 Å². The van der Waals surface area contributed by atoms with Gasteiger partial charge in [-0.15, -0.1) is 0 Å². The maximum Gasteiger partial charge on any atom is 0.336 e. The van der Waals surface area contributed by atoms with Gasteiger partial charge in [0.2, 0.25) is 0 Å². The van der Waals surface area contributed by atoms with Crippen molar-refractivity contribution in [3.05, 3.63) is 40.8 Å². The number of rotatable bonds is 5. The molecule has 0 N–H and O–H groups in total. The Morgan fingerprint density at radius 1 is 1.14 bits per heavy atom. The maximum absolute atomic E-state index is 11.2. The summed E-state index contributed by atoms with van der Waals surface area (Å²) in [6.45, 7) is 5.32. The van der Waals surface area contributed by atoms with Crippen LogP contribution in [0.5, 0.6) is 5.75 Å². The number of nitrogens with zero attached hydrogens (tertiary/aromatic N) is 1. The predicted octanol–water partition coefficient (Wildman–Crippen LogP) is 1.89. The van der Waals surface area contributed by atoms with Crippen LogP contribution in [-0.4, -0.2) is 44.4 Å². The molecule has 1 aliphatic heterocycles. The van der Waals surface area contributed by atoms with Crippen LogP contribution >= 0.6 is 0 Å². The summed E-state index contributed by atoms with van der Waals surface area (Å²) < 4.78 is 16.2. The highest BCUT2D eigenvalue weighted by Gasteiger charge is 2.09. The summed E-state index contributed by atoms with van der Waals surface area (Å²) in [5.41, 5.74) is 0.222. The molecule has 2 aromatic rings. The van der Waals surface area contributed by atoms with Gasteiger partial charge in [-0.05, 0) is 24.6 Å². The molecule has 0 amide bonds. The summed E-state index contributed by atoms with van der Waals surface area (Å²) >= 11 is 0. The topological polar surface area (TPSA) is 51.9 Å². The zero-order valence-electron chi connectivity index (χ0n) is 11.9. The van der Waals surface area contributed by atoms with E-state index < -0.39 is 0 Å². The van der Waals surface area contributed by atoms with Gasteiger partial charge < -0.3 is 13.9 Å². The second-order valence-electron chi connectivity index (χ2n) is 5.11. The van der Waals surface area contributed by atoms with Gasteiger partial charge >= 0.3 is 5.63 Å². The van der Waals surface area contributed by atoms with Crippen LogP contribution < -0.4 is 10.4 Å². The highest BCUT2D eigenvalue weighted by molar-refractivity contribution is 5.77. The molecule has 2 heterocycles. The van der Waals surface area contributed by atoms with E-state index in [0.717, 1.165) is 50.4 Å². The van der Waals surface area contributed by atoms with Gasteiger partial charge in [-0.1, -0.05) is 0 Å². The molecule has 5 nitrogen and oxygen atoms in total. The van der Waals surface area contributed by atoms with E-state index in [4.69, 9.17) is 13.9 Å². The van der Waals surface area contributed by atoms with E-state index in [1.54, 1.807) is 12.1 Å². The molecule has 0 saturated carbocycles. The van der Waals surface area contributed by atoms with Gasteiger partial charge in [0.1, 0.15) is 11.3 Å². The van der Waals surface area contributed by atoms with Gasteiger partial charge in [-0.3, -0.25) is 4.90 Å². The van der Waals surface area contributed by atoms with Gasteiger partial charge in [0, 0.05) is 37.2 Å². The molecular weight excluding hydrogens is 270 g/mol. The first kappa shape index (κ1) is 14.1. The Balaban J connectivity index is 1.51. The summed E-state index contributed by atoms with van der Waals surface area (Å²) in [5, 5.41) is 0.898. The monoisotopic (exact) mass is 289 g/mol. The van der Waals surface area contributed by atoms with E-state index in [2.05, 4.69) is 4.90 Å². The second kappa shape index (κ2) is 6.74. The normalized spacial score (nSPS) is 16.2. The minimum Gasteiger partial charge on any atom is -0.493 e. The lowest BCUT2D eigenvalue weighted by molar-refractivity contribution is 0.0358. The van der Waals surface area contributed by atoms with Gasteiger partial charge in [0.15, 0.2) is 0 Å². The first-order chi connectivity index (χ1) is 10.3. The van der Waals surface area contributed by atoms with E-state index in [1.165, 1.54) is 6.07 Å². The molecule has 5 heteroatoms. The van der Waals surface area contributed by atoms with Crippen molar-refractivity contribution < 1.29 is 13.9 Å². The van der Waals surface area contributed by atoms with E-state index in [1.807, 2.05) is 12.1 Å². The molecule has 0 bridgehead atoms. The molecule has 112 valence electrons. The quantitative estimate of drug-likeness (QED) is 0.621. The molecule has 0 unspecified atom stereocenters. The van der Waals surface area contributed by atoms with Crippen molar-refractivity contribution in [2.75, 3.05) is 39.5 Å². The Morgan fingerprint density at radius 3 is 2.81 bits per heavy atom. The van der Waals surface area contributed by atoms with E-state index in [0.29, 0.717) is 12.2 Å². The second-order valence-corrected chi connectivity index (χ2v) is 5.11. The lowest BCUT2D eigenvalue weighted by Gasteiger charge is -2.26. The molecule has 0 spiro atoms. The molecule has 0 radical (unpaired) electrons. The van der Waals surface area contributed by atoms with Crippen LogP contribution in [-0.2, 0) is 4.74 Å². The Hall–Kier alpha value is -1.85. The third-order valence-electron chi connectivity index (χ3n) is 3.59.